The lowest BCUT2D eigenvalue weighted by Gasteiger charge is -2.36. The summed E-state index contributed by atoms with van der Waals surface area (Å²) < 4.78 is 32.3. The summed E-state index contributed by atoms with van der Waals surface area (Å²) in [5.74, 6) is 0.0750. The number of sulfonamides is 1. The zero-order valence-electron chi connectivity index (χ0n) is 13.7. The first-order valence-corrected chi connectivity index (χ1v) is 10.4. The highest BCUT2D eigenvalue weighted by molar-refractivity contribution is 7.89. The molecule has 0 bridgehead atoms. The zero-order valence-corrected chi connectivity index (χ0v) is 16.0. The number of amides is 1. The van der Waals surface area contributed by atoms with Gasteiger partial charge in [0.25, 0.3) is 0 Å². The molecule has 25 heavy (non-hydrogen) atoms. The lowest BCUT2D eigenvalue weighted by molar-refractivity contribution is -0.139. The molecule has 0 aromatic heterocycles. The van der Waals surface area contributed by atoms with Gasteiger partial charge in [-0.25, -0.2) is 8.42 Å². The van der Waals surface area contributed by atoms with Crippen LogP contribution >= 0.6 is 23.2 Å². The van der Waals surface area contributed by atoms with Gasteiger partial charge in [0.2, 0.25) is 15.9 Å². The van der Waals surface area contributed by atoms with Crippen molar-refractivity contribution in [2.24, 2.45) is 5.92 Å². The molecule has 3 rings (SSSR count). The minimum Gasteiger partial charge on any atom is -0.381 e. The normalized spacial score (nSPS) is 20.6. The Labute approximate surface area is 157 Å². The van der Waals surface area contributed by atoms with Gasteiger partial charge in [0.05, 0.1) is 10.0 Å². The standard InChI is InChI=1S/C16H20Cl2N2O4S/c17-13-2-1-3-14(18)15(13)25(22,23)20-8-6-19(7-9-20)16(21)12-4-10-24-11-5-12/h1-3,12H,4-11H2. The Bertz CT molecular complexity index is 722. The van der Waals surface area contributed by atoms with E-state index in [0.717, 1.165) is 12.8 Å². The fourth-order valence-electron chi connectivity index (χ4n) is 3.21. The van der Waals surface area contributed by atoms with Gasteiger partial charge >= 0.3 is 0 Å². The molecule has 9 heteroatoms. The van der Waals surface area contributed by atoms with E-state index < -0.39 is 10.0 Å². The van der Waals surface area contributed by atoms with E-state index in [4.69, 9.17) is 27.9 Å². The number of piperazine rings is 1. The molecule has 2 aliphatic rings. The third-order valence-electron chi connectivity index (χ3n) is 4.64. The van der Waals surface area contributed by atoms with Crippen LogP contribution in [0.25, 0.3) is 0 Å². The molecule has 1 amide bonds. The summed E-state index contributed by atoms with van der Waals surface area (Å²) in [5.41, 5.74) is 0. The van der Waals surface area contributed by atoms with Crippen molar-refractivity contribution in [2.75, 3.05) is 39.4 Å². The molecular formula is C16H20Cl2N2O4S. The summed E-state index contributed by atoms with van der Waals surface area (Å²) in [7, 11) is -3.79. The zero-order chi connectivity index (χ0) is 18.0. The molecule has 138 valence electrons. The maximum absolute atomic E-state index is 12.8. The van der Waals surface area contributed by atoms with E-state index in [-0.39, 0.29) is 39.9 Å². The minimum atomic E-state index is -3.79. The molecule has 2 saturated heterocycles. The second-order valence-electron chi connectivity index (χ2n) is 6.17. The first-order valence-electron chi connectivity index (χ1n) is 8.22. The molecule has 1 aromatic carbocycles. The minimum absolute atomic E-state index is 0.0186. The molecule has 0 radical (unpaired) electrons. The Hall–Kier alpha value is -0.860. The number of ether oxygens (including phenoxy) is 1. The summed E-state index contributed by atoms with van der Waals surface area (Å²) in [5, 5.41) is 0.210. The van der Waals surface area contributed by atoms with Gasteiger partial charge in [-0.2, -0.15) is 4.31 Å². The van der Waals surface area contributed by atoms with Gasteiger partial charge in [-0.15, -0.1) is 0 Å². The molecule has 2 heterocycles. The van der Waals surface area contributed by atoms with Crippen LogP contribution < -0.4 is 0 Å². The number of halogens is 2. The average Bonchev–Trinajstić information content (AvgIpc) is 2.61. The van der Waals surface area contributed by atoms with E-state index in [0.29, 0.717) is 26.3 Å². The molecule has 1 aromatic rings. The van der Waals surface area contributed by atoms with Crippen LogP contribution in [0.2, 0.25) is 10.0 Å². The number of hydrogen-bond donors (Lipinski definition) is 0. The van der Waals surface area contributed by atoms with Crippen LogP contribution in [-0.2, 0) is 19.6 Å². The Kier molecular flexibility index (Phi) is 5.90. The number of rotatable bonds is 3. The van der Waals surface area contributed by atoms with Crippen molar-refractivity contribution in [2.45, 2.75) is 17.7 Å². The highest BCUT2D eigenvalue weighted by Gasteiger charge is 2.34. The van der Waals surface area contributed by atoms with Crippen molar-refractivity contribution in [1.82, 2.24) is 9.21 Å². The van der Waals surface area contributed by atoms with Gasteiger partial charge in [0.1, 0.15) is 4.90 Å². The van der Waals surface area contributed by atoms with Gasteiger partial charge in [-0.3, -0.25) is 4.79 Å². The van der Waals surface area contributed by atoms with E-state index in [2.05, 4.69) is 0 Å². The second-order valence-corrected chi connectivity index (χ2v) is 8.86. The van der Waals surface area contributed by atoms with E-state index in [1.54, 1.807) is 11.0 Å². The fraction of sp³-hybridized carbons (Fsp3) is 0.562. The van der Waals surface area contributed by atoms with Crippen LogP contribution in [0.1, 0.15) is 12.8 Å². The molecule has 6 nitrogen and oxygen atoms in total. The van der Waals surface area contributed by atoms with Gasteiger partial charge in [-0.1, -0.05) is 29.3 Å². The van der Waals surface area contributed by atoms with Gasteiger partial charge < -0.3 is 9.64 Å². The average molecular weight is 407 g/mol. The Morgan fingerprint density at radius 2 is 1.60 bits per heavy atom. The van der Waals surface area contributed by atoms with Gasteiger partial charge in [0, 0.05) is 45.3 Å². The highest BCUT2D eigenvalue weighted by Crippen LogP contribution is 2.32. The highest BCUT2D eigenvalue weighted by atomic mass is 35.5. The van der Waals surface area contributed by atoms with E-state index in [9.17, 15) is 13.2 Å². The van der Waals surface area contributed by atoms with Crippen molar-refractivity contribution < 1.29 is 17.9 Å². The molecule has 2 fully saturated rings. The number of hydrogen-bond acceptors (Lipinski definition) is 4. The Balaban J connectivity index is 1.68. The molecule has 0 aliphatic carbocycles. The number of carbonyl (C=O) groups excluding carboxylic acids is 1. The molecule has 0 saturated carbocycles. The quantitative estimate of drug-likeness (QED) is 0.771. The van der Waals surface area contributed by atoms with E-state index in [1.165, 1.54) is 16.4 Å². The summed E-state index contributed by atoms with van der Waals surface area (Å²) in [4.78, 5) is 14.2. The topological polar surface area (TPSA) is 66.9 Å². The van der Waals surface area contributed by atoms with E-state index >= 15 is 0 Å². The smallest absolute Gasteiger partial charge is 0.246 e. The van der Waals surface area contributed by atoms with Crippen LogP contribution in [0.3, 0.4) is 0 Å². The third kappa shape index (κ3) is 3.95. The summed E-state index contributed by atoms with van der Waals surface area (Å²) in [6.07, 6.45) is 1.46. The van der Waals surface area contributed by atoms with Crippen molar-refractivity contribution >= 4 is 39.1 Å². The maximum Gasteiger partial charge on any atom is 0.246 e. The van der Waals surface area contributed by atoms with Gasteiger partial charge in [-0.05, 0) is 25.0 Å². The first-order chi connectivity index (χ1) is 11.9. The number of nitrogens with zero attached hydrogens (tertiary/aromatic N) is 2. The number of carbonyl (C=O) groups is 1. The molecule has 0 N–H and O–H groups in total. The summed E-state index contributed by atoms with van der Waals surface area (Å²) in [6, 6.07) is 4.62. The summed E-state index contributed by atoms with van der Waals surface area (Å²) in [6.45, 7) is 2.43. The van der Waals surface area contributed by atoms with Crippen LogP contribution in [0.4, 0.5) is 0 Å². The van der Waals surface area contributed by atoms with Crippen molar-refractivity contribution in [3.63, 3.8) is 0 Å². The van der Waals surface area contributed by atoms with Crippen molar-refractivity contribution in [1.29, 1.82) is 0 Å². The van der Waals surface area contributed by atoms with Gasteiger partial charge in [0.15, 0.2) is 0 Å². The first kappa shape index (κ1) is 18.9. The predicted octanol–water partition coefficient (Wildman–Crippen LogP) is 2.25. The maximum atomic E-state index is 12.8. The lowest BCUT2D eigenvalue weighted by Crippen LogP contribution is -2.52. The molecular weight excluding hydrogens is 387 g/mol. The van der Waals surface area contributed by atoms with Crippen LogP contribution in [-0.4, -0.2) is 62.9 Å². The lowest BCUT2D eigenvalue weighted by atomic mass is 9.98. The SMILES string of the molecule is O=C(C1CCOCC1)N1CCN(S(=O)(=O)c2c(Cl)cccc2Cl)CC1. The molecule has 2 aliphatic heterocycles. The summed E-state index contributed by atoms with van der Waals surface area (Å²) >= 11 is 12.1. The molecule has 0 atom stereocenters. The van der Waals surface area contributed by atoms with E-state index in [1.807, 2.05) is 0 Å². The molecule has 0 spiro atoms. The second kappa shape index (κ2) is 7.80. The monoisotopic (exact) mass is 406 g/mol. The largest absolute Gasteiger partial charge is 0.381 e. The Morgan fingerprint density at radius 1 is 1.04 bits per heavy atom. The predicted molar refractivity (Wildman–Crippen MR) is 95.3 cm³/mol. The van der Waals surface area contributed by atoms with Crippen LogP contribution in [0, 0.1) is 5.92 Å². The molecule has 0 unspecified atom stereocenters. The third-order valence-corrected chi connectivity index (χ3v) is 7.49. The van der Waals surface area contributed by atoms with Crippen molar-refractivity contribution in [3.05, 3.63) is 28.2 Å². The Morgan fingerprint density at radius 3 is 2.16 bits per heavy atom. The van der Waals surface area contributed by atoms with Crippen LogP contribution in [0.5, 0.6) is 0 Å². The van der Waals surface area contributed by atoms with Crippen LogP contribution in [0.15, 0.2) is 23.1 Å². The van der Waals surface area contributed by atoms with Crippen molar-refractivity contribution in [3.8, 4) is 0 Å². The fourth-order valence-corrected chi connectivity index (χ4v) is 5.72. The number of benzene rings is 1.